The van der Waals surface area contributed by atoms with Crippen LogP contribution in [-0.4, -0.2) is 60.4 Å². The molecule has 176 valence electrons. The van der Waals surface area contributed by atoms with Gasteiger partial charge in [-0.25, -0.2) is 14.5 Å². The molecule has 1 aliphatic rings. The Morgan fingerprint density at radius 2 is 1.40 bits per heavy atom. The predicted octanol–water partition coefficient (Wildman–Crippen LogP) is 3.97. The summed E-state index contributed by atoms with van der Waals surface area (Å²) in [5, 5.41) is 16.3. The van der Waals surface area contributed by atoms with Crippen molar-refractivity contribution < 1.29 is 24.2 Å². The number of alkyl carbamates (subject to hydrolysis) is 2. The minimum atomic E-state index is -0.650. The van der Waals surface area contributed by atoms with Crippen molar-refractivity contribution in [2.45, 2.75) is 104 Å². The molecule has 1 aliphatic carbocycles. The number of hydrogen-bond acceptors (Lipinski definition) is 6. The Morgan fingerprint density at radius 1 is 0.933 bits per heavy atom. The van der Waals surface area contributed by atoms with Crippen LogP contribution in [0, 0.1) is 5.92 Å². The summed E-state index contributed by atoms with van der Waals surface area (Å²) in [7, 11) is 0. The van der Waals surface area contributed by atoms with E-state index in [1.54, 1.807) is 18.7 Å². The van der Waals surface area contributed by atoms with Crippen molar-refractivity contribution >= 4 is 12.2 Å². The Balaban J connectivity index is 2.70. The molecule has 8 heteroatoms. The summed E-state index contributed by atoms with van der Waals surface area (Å²) in [5.74, 6) is 0.220. The molecule has 0 saturated heterocycles. The molecule has 0 heterocycles. The van der Waals surface area contributed by atoms with Crippen LogP contribution in [0.1, 0.15) is 85.5 Å². The van der Waals surface area contributed by atoms with Gasteiger partial charge in [0, 0.05) is 19.6 Å². The Kier molecular flexibility index (Phi) is 13.5. The van der Waals surface area contributed by atoms with Gasteiger partial charge >= 0.3 is 12.2 Å². The van der Waals surface area contributed by atoms with Gasteiger partial charge in [0.2, 0.25) is 0 Å². The average molecular weight is 430 g/mol. The summed E-state index contributed by atoms with van der Waals surface area (Å²) in [4.78, 5) is 25.9. The lowest BCUT2D eigenvalue weighted by molar-refractivity contribution is -0.113. The summed E-state index contributed by atoms with van der Waals surface area (Å²) < 4.78 is 11.0. The normalized spacial score (nSPS) is 17.8. The van der Waals surface area contributed by atoms with E-state index in [9.17, 15) is 14.7 Å². The van der Waals surface area contributed by atoms with Crippen molar-refractivity contribution in [1.29, 1.82) is 0 Å². The van der Waals surface area contributed by atoms with Crippen LogP contribution in [0.15, 0.2) is 0 Å². The molecule has 0 aromatic carbocycles. The molecule has 0 radical (unpaired) electrons. The average Bonchev–Trinajstić information content (AvgIpc) is 2.72. The van der Waals surface area contributed by atoms with Crippen molar-refractivity contribution in [2.24, 2.45) is 5.92 Å². The van der Waals surface area contributed by atoms with E-state index < -0.39 is 30.7 Å². The minimum absolute atomic E-state index is 0.220. The van der Waals surface area contributed by atoms with Crippen LogP contribution in [0.5, 0.6) is 0 Å². The van der Waals surface area contributed by atoms with Gasteiger partial charge in [-0.3, -0.25) is 0 Å². The third-order valence-electron chi connectivity index (χ3n) is 5.68. The molecular weight excluding hydrogens is 386 g/mol. The van der Waals surface area contributed by atoms with Gasteiger partial charge in [-0.2, -0.15) is 0 Å². The molecule has 1 saturated carbocycles. The summed E-state index contributed by atoms with van der Waals surface area (Å²) >= 11 is 0. The van der Waals surface area contributed by atoms with Gasteiger partial charge in [0.25, 0.3) is 0 Å². The Hall–Kier alpha value is -1.54. The Morgan fingerprint density at radius 3 is 1.83 bits per heavy atom. The van der Waals surface area contributed by atoms with E-state index in [0.717, 1.165) is 51.4 Å². The smallest absolute Gasteiger partial charge is 0.408 e. The predicted molar refractivity (Wildman–Crippen MR) is 117 cm³/mol. The first-order chi connectivity index (χ1) is 14.4. The first kappa shape index (κ1) is 26.5. The number of nitrogens with zero attached hydrogens (tertiary/aromatic N) is 1. The zero-order valence-corrected chi connectivity index (χ0v) is 19.3. The molecule has 0 spiro atoms. The number of carbonyl (C=O) groups excluding carboxylic acids is 2. The van der Waals surface area contributed by atoms with E-state index in [-0.39, 0.29) is 12.5 Å². The second kappa shape index (κ2) is 15.3. The van der Waals surface area contributed by atoms with E-state index in [0.29, 0.717) is 13.1 Å². The van der Waals surface area contributed by atoms with Crippen LogP contribution in [0.4, 0.5) is 9.59 Å². The number of carbonyl (C=O) groups is 2. The van der Waals surface area contributed by atoms with Gasteiger partial charge < -0.3 is 25.2 Å². The highest BCUT2D eigenvalue weighted by atomic mass is 16.6. The van der Waals surface area contributed by atoms with Crippen molar-refractivity contribution in [3.63, 3.8) is 0 Å². The van der Waals surface area contributed by atoms with Crippen molar-refractivity contribution in [2.75, 3.05) is 19.6 Å². The highest BCUT2D eigenvalue weighted by Gasteiger charge is 2.31. The second-order valence-electron chi connectivity index (χ2n) is 8.23. The maximum absolute atomic E-state index is 12.1. The fourth-order valence-corrected chi connectivity index (χ4v) is 3.74. The highest BCUT2D eigenvalue weighted by molar-refractivity contribution is 5.67. The van der Waals surface area contributed by atoms with Crippen LogP contribution in [0.2, 0.25) is 0 Å². The van der Waals surface area contributed by atoms with Crippen molar-refractivity contribution in [1.82, 2.24) is 15.5 Å². The fraction of sp³-hybridized carbons (Fsp3) is 0.909. The number of rotatable bonds is 13. The van der Waals surface area contributed by atoms with E-state index in [2.05, 4.69) is 24.5 Å². The van der Waals surface area contributed by atoms with Crippen molar-refractivity contribution in [3.05, 3.63) is 0 Å². The molecular formula is C22H43N3O5. The zero-order valence-electron chi connectivity index (χ0n) is 19.3. The molecule has 3 unspecified atom stereocenters. The van der Waals surface area contributed by atoms with Gasteiger partial charge in [-0.15, -0.1) is 0 Å². The maximum Gasteiger partial charge on any atom is 0.408 e. The molecule has 1 rings (SSSR count). The van der Waals surface area contributed by atoms with Gasteiger partial charge in [0.15, 0.2) is 12.5 Å². The number of nitrogens with one attached hydrogen (secondary N) is 2. The third-order valence-corrected chi connectivity index (χ3v) is 5.68. The second-order valence-corrected chi connectivity index (χ2v) is 8.23. The molecule has 1 fully saturated rings. The van der Waals surface area contributed by atoms with Crippen LogP contribution in [0.3, 0.4) is 0 Å². The van der Waals surface area contributed by atoms with Gasteiger partial charge in [-0.05, 0) is 45.4 Å². The van der Waals surface area contributed by atoms with E-state index >= 15 is 0 Å². The number of ether oxygens (including phenoxy) is 2. The molecule has 2 amide bonds. The molecule has 30 heavy (non-hydrogen) atoms. The van der Waals surface area contributed by atoms with Crippen LogP contribution < -0.4 is 10.6 Å². The molecule has 0 aromatic rings. The SMILES string of the molecule is CCCCNC(=O)OC(C)N(CC(O)C1CCCCC1)C(C)OC(=O)NCCCC. The maximum atomic E-state index is 12.1. The van der Waals surface area contributed by atoms with Crippen LogP contribution in [0.25, 0.3) is 0 Å². The quantitative estimate of drug-likeness (QED) is 0.302. The van der Waals surface area contributed by atoms with Gasteiger partial charge in [0.05, 0.1) is 6.10 Å². The molecule has 0 aliphatic heterocycles. The van der Waals surface area contributed by atoms with Crippen molar-refractivity contribution in [3.8, 4) is 0 Å². The summed E-state index contributed by atoms with van der Waals surface area (Å²) in [6.07, 6.45) is 6.29. The molecule has 0 bridgehead atoms. The number of aliphatic hydroxyl groups is 1. The van der Waals surface area contributed by atoms with Crippen LogP contribution >= 0.6 is 0 Å². The van der Waals surface area contributed by atoms with E-state index in [1.165, 1.54) is 6.42 Å². The molecule has 0 aromatic heterocycles. The van der Waals surface area contributed by atoms with Gasteiger partial charge in [-0.1, -0.05) is 46.0 Å². The van der Waals surface area contributed by atoms with Gasteiger partial charge in [0.1, 0.15) is 0 Å². The van der Waals surface area contributed by atoms with Crippen LogP contribution in [-0.2, 0) is 9.47 Å². The Labute approximate surface area is 182 Å². The number of hydrogen-bond donors (Lipinski definition) is 3. The first-order valence-corrected chi connectivity index (χ1v) is 11.7. The third kappa shape index (κ3) is 10.5. The fourth-order valence-electron chi connectivity index (χ4n) is 3.74. The summed E-state index contributed by atoms with van der Waals surface area (Å²) in [5.41, 5.74) is 0. The lowest BCUT2D eigenvalue weighted by atomic mass is 9.85. The topological polar surface area (TPSA) is 100 Å². The largest absolute Gasteiger partial charge is 0.430 e. The monoisotopic (exact) mass is 429 g/mol. The first-order valence-electron chi connectivity index (χ1n) is 11.7. The minimum Gasteiger partial charge on any atom is -0.430 e. The molecule has 3 N–H and O–H groups in total. The Bertz CT molecular complexity index is 455. The molecule has 8 nitrogen and oxygen atoms in total. The lowest BCUT2D eigenvalue weighted by Crippen LogP contribution is -2.51. The number of unbranched alkanes of at least 4 members (excludes halogenated alkanes) is 2. The standard InChI is InChI=1S/C22H43N3O5/c1-5-7-14-23-21(27)29-17(3)25(16-20(26)19-12-10-9-11-13-19)18(4)30-22(28)24-15-8-6-2/h17-20,26H,5-16H2,1-4H3,(H,23,27)(H,24,28). The zero-order chi connectivity index (χ0) is 22.4. The summed E-state index contributed by atoms with van der Waals surface area (Å²) in [6, 6.07) is 0. The number of aliphatic hydroxyl groups excluding tert-OH is 1. The molecule has 3 atom stereocenters. The van der Waals surface area contributed by atoms with E-state index in [4.69, 9.17) is 9.47 Å². The summed E-state index contributed by atoms with van der Waals surface area (Å²) in [6.45, 7) is 8.96. The lowest BCUT2D eigenvalue weighted by Gasteiger charge is -2.37. The highest BCUT2D eigenvalue weighted by Crippen LogP contribution is 2.27. The number of amides is 2. The van der Waals surface area contributed by atoms with E-state index in [1.807, 2.05) is 0 Å².